The smallest absolute Gasteiger partial charge is 0.320 e. The number of hydrogen-bond donors (Lipinski definition) is 1. The topological polar surface area (TPSA) is 38.3 Å². The first-order valence-corrected chi connectivity index (χ1v) is 7.96. The minimum Gasteiger partial charge on any atom is -0.459 e. The van der Waals surface area contributed by atoms with Crippen LogP contribution in [0.1, 0.15) is 57.9 Å². The highest BCUT2D eigenvalue weighted by Gasteiger charge is 2.27. The van der Waals surface area contributed by atoms with Crippen molar-refractivity contribution in [2.24, 2.45) is 0 Å². The summed E-state index contributed by atoms with van der Waals surface area (Å²) in [6.07, 6.45) is 4.82. The van der Waals surface area contributed by atoms with Crippen molar-refractivity contribution in [3.8, 4) is 0 Å². The Bertz CT molecular complexity index is 450. The van der Waals surface area contributed by atoms with Crippen LogP contribution in [0.15, 0.2) is 30.3 Å². The molecule has 0 heterocycles. The lowest BCUT2D eigenvalue weighted by atomic mass is 9.80. The lowest BCUT2D eigenvalue weighted by Crippen LogP contribution is -2.41. The van der Waals surface area contributed by atoms with Crippen LogP contribution in [0.2, 0.25) is 0 Å². The molecule has 1 aliphatic rings. The van der Waals surface area contributed by atoms with E-state index < -0.39 is 5.60 Å². The van der Waals surface area contributed by atoms with Gasteiger partial charge in [-0.1, -0.05) is 43.2 Å². The first kappa shape index (κ1) is 16.0. The van der Waals surface area contributed by atoms with E-state index in [2.05, 4.69) is 35.6 Å². The zero-order valence-electron chi connectivity index (χ0n) is 13.4. The number of rotatable bonds is 4. The van der Waals surface area contributed by atoms with E-state index in [1.54, 1.807) is 0 Å². The van der Waals surface area contributed by atoms with Gasteiger partial charge in [0.15, 0.2) is 0 Å². The molecule has 2 rings (SSSR count). The van der Waals surface area contributed by atoms with Gasteiger partial charge >= 0.3 is 5.97 Å². The Hall–Kier alpha value is -1.35. The molecule has 0 amide bonds. The minimum atomic E-state index is -0.413. The summed E-state index contributed by atoms with van der Waals surface area (Å²) < 4.78 is 5.37. The first-order chi connectivity index (χ1) is 9.96. The van der Waals surface area contributed by atoms with Crippen LogP contribution in [0.4, 0.5) is 0 Å². The van der Waals surface area contributed by atoms with Gasteiger partial charge in [0.25, 0.3) is 0 Å². The highest BCUT2D eigenvalue weighted by Crippen LogP contribution is 2.32. The van der Waals surface area contributed by atoms with Gasteiger partial charge < -0.3 is 10.1 Å². The summed E-state index contributed by atoms with van der Waals surface area (Å²) in [5.41, 5.74) is 0.961. The van der Waals surface area contributed by atoms with Crippen molar-refractivity contribution in [1.82, 2.24) is 5.32 Å². The van der Waals surface area contributed by atoms with Crippen LogP contribution in [0, 0.1) is 0 Å². The second-order valence-corrected chi connectivity index (χ2v) is 6.88. The molecule has 0 bridgehead atoms. The predicted octanol–water partition coefficient (Wildman–Crippen LogP) is 3.64. The van der Waals surface area contributed by atoms with Gasteiger partial charge in [0.05, 0.1) is 6.54 Å². The summed E-state index contributed by atoms with van der Waals surface area (Å²) in [5, 5.41) is 3.42. The molecule has 21 heavy (non-hydrogen) atoms. The van der Waals surface area contributed by atoms with E-state index in [-0.39, 0.29) is 5.97 Å². The van der Waals surface area contributed by atoms with Gasteiger partial charge in [-0.2, -0.15) is 0 Å². The zero-order chi connectivity index (χ0) is 15.3. The minimum absolute atomic E-state index is 0.167. The van der Waals surface area contributed by atoms with E-state index in [1.807, 2.05) is 20.8 Å². The number of nitrogens with one attached hydrogen (secondary N) is 1. The number of hydrogen-bond acceptors (Lipinski definition) is 3. The standard InChI is InChI=1S/C18H27NO2/c1-18(2,3)21-17(20)13-19-16-12-8-7-11-15(16)14-9-5-4-6-10-14/h4-6,9-10,15-16,19H,7-8,11-13H2,1-3H3. The van der Waals surface area contributed by atoms with Crippen LogP contribution in [0.25, 0.3) is 0 Å². The maximum Gasteiger partial charge on any atom is 0.320 e. The first-order valence-electron chi connectivity index (χ1n) is 7.96. The third-order valence-electron chi connectivity index (χ3n) is 3.92. The SMILES string of the molecule is CC(C)(C)OC(=O)CNC1CCCCC1c1ccccc1. The Morgan fingerprint density at radius 3 is 2.52 bits per heavy atom. The molecular weight excluding hydrogens is 262 g/mol. The lowest BCUT2D eigenvalue weighted by molar-refractivity contribution is -0.153. The summed E-state index contributed by atoms with van der Waals surface area (Å²) in [5.74, 6) is 0.335. The Balaban J connectivity index is 1.92. The highest BCUT2D eigenvalue weighted by molar-refractivity contribution is 5.72. The Labute approximate surface area is 128 Å². The van der Waals surface area contributed by atoms with Crippen molar-refractivity contribution in [3.63, 3.8) is 0 Å². The summed E-state index contributed by atoms with van der Waals surface area (Å²) >= 11 is 0. The van der Waals surface area contributed by atoms with Gasteiger partial charge in [-0.25, -0.2) is 0 Å². The molecule has 0 aliphatic heterocycles. The van der Waals surface area contributed by atoms with Gasteiger partial charge in [0, 0.05) is 6.04 Å². The molecule has 1 aliphatic carbocycles. The molecule has 0 aromatic heterocycles. The third-order valence-corrected chi connectivity index (χ3v) is 3.92. The van der Waals surface area contributed by atoms with Gasteiger partial charge in [-0.15, -0.1) is 0 Å². The van der Waals surface area contributed by atoms with Crippen molar-refractivity contribution >= 4 is 5.97 Å². The fourth-order valence-electron chi connectivity index (χ4n) is 3.07. The van der Waals surface area contributed by atoms with E-state index in [1.165, 1.54) is 24.8 Å². The molecule has 1 aromatic rings. The maximum atomic E-state index is 11.9. The zero-order valence-corrected chi connectivity index (χ0v) is 13.4. The molecule has 0 spiro atoms. The monoisotopic (exact) mass is 289 g/mol. The second kappa shape index (κ2) is 7.08. The quantitative estimate of drug-likeness (QED) is 0.860. The van der Waals surface area contributed by atoms with E-state index in [0.29, 0.717) is 18.5 Å². The van der Waals surface area contributed by atoms with Crippen LogP contribution in [-0.2, 0) is 9.53 Å². The molecule has 2 atom stereocenters. The molecule has 1 N–H and O–H groups in total. The van der Waals surface area contributed by atoms with Crippen LogP contribution in [-0.4, -0.2) is 24.2 Å². The van der Waals surface area contributed by atoms with Gasteiger partial charge in [0.2, 0.25) is 0 Å². The van der Waals surface area contributed by atoms with Crippen LogP contribution >= 0.6 is 0 Å². The fourth-order valence-corrected chi connectivity index (χ4v) is 3.07. The average Bonchev–Trinajstić information content (AvgIpc) is 2.45. The Morgan fingerprint density at radius 2 is 1.86 bits per heavy atom. The van der Waals surface area contributed by atoms with Crippen molar-refractivity contribution in [1.29, 1.82) is 0 Å². The Kier molecular flexibility index (Phi) is 5.40. The van der Waals surface area contributed by atoms with Crippen LogP contribution in [0.5, 0.6) is 0 Å². The summed E-state index contributed by atoms with van der Waals surface area (Å²) in [6.45, 7) is 6.00. The van der Waals surface area contributed by atoms with Crippen molar-refractivity contribution in [2.45, 2.75) is 64.0 Å². The van der Waals surface area contributed by atoms with E-state index >= 15 is 0 Å². The average molecular weight is 289 g/mol. The van der Waals surface area contributed by atoms with E-state index in [0.717, 1.165) is 6.42 Å². The third kappa shape index (κ3) is 5.16. The molecule has 1 fully saturated rings. The number of benzene rings is 1. The molecule has 116 valence electrons. The number of carbonyl (C=O) groups excluding carboxylic acids is 1. The van der Waals surface area contributed by atoms with Crippen LogP contribution < -0.4 is 5.32 Å². The van der Waals surface area contributed by atoms with Crippen LogP contribution in [0.3, 0.4) is 0 Å². The van der Waals surface area contributed by atoms with Gasteiger partial charge in [-0.3, -0.25) is 4.79 Å². The fraction of sp³-hybridized carbons (Fsp3) is 0.611. The molecular formula is C18H27NO2. The number of carbonyl (C=O) groups is 1. The summed E-state index contributed by atoms with van der Waals surface area (Å²) in [7, 11) is 0. The van der Waals surface area contributed by atoms with Gasteiger partial charge in [-0.05, 0) is 45.1 Å². The number of ether oxygens (including phenoxy) is 1. The highest BCUT2D eigenvalue weighted by atomic mass is 16.6. The second-order valence-electron chi connectivity index (χ2n) is 6.88. The molecule has 1 saturated carbocycles. The largest absolute Gasteiger partial charge is 0.459 e. The molecule has 3 heteroatoms. The van der Waals surface area contributed by atoms with Crippen molar-refractivity contribution < 1.29 is 9.53 Å². The number of esters is 1. The molecule has 0 radical (unpaired) electrons. The van der Waals surface area contributed by atoms with E-state index in [9.17, 15) is 4.79 Å². The molecule has 1 aromatic carbocycles. The summed E-state index contributed by atoms with van der Waals surface area (Å²) in [4.78, 5) is 11.9. The van der Waals surface area contributed by atoms with Gasteiger partial charge in [0.1, 0.15) is 5.60 Å². The molecule has 2 unspecified atom stereocenters. The Morgan fingerprint density at radius 1 is 1.19 bits per heavy atom. The van der Waals surface area contributed by atoms with Crippen molar-refractivity contribution in [2.75, 3.05) is 6.54 Å². The predicted molar refractivity (Wildman–Crippen MR) is 85.3 cm³/mol. The summed E-state index contributed by atoms with van der Waals surface area (Å²) in [6, 6.07) is 11.0. The maximum absolute atomic E-state index is 11.9. The lowest BCUT2D eigenvalue weighted by Gasteiger charge is -2.33. The normalized spacial score (nSPS) is 22.8. The van der Waals surface area contributed by atoms with Crippen molar-refractivity contribution in [3.05, 3.63) is 35.9 Å². The molecule has 3 nitrogen and oxygen atoms in total. The molecule has 0 saturated heterocycles. The van der Waals surface area contributed by atoms with E-state index in [4.69, 9.17) is 4.74 Å².